The summed E-state index contributed by atoms with van der Waals surface area (Å²) in [6, 6.07) is 8.29. The first kappa shape index (κ1) is 18.0. The van der Waals surface area contributed by atoms with E-state index >= 15 is 0 Å². The third-order valence-corrected chi connectivity index (χ3v) is 3.98. The van der Waals surface area contributed by atoms with Gasteiger partial charge in [-0.3, -0.25) is 4.90 Å². The lowest BCUT2D eigenvalue weighted by Gasteiger charge is -2.37. The summed E-state index contributed by atoms with van der Waals surface area (Å²) in [7, 11) is 0. The highest BCUT2D eigenvalue weighted by Crippen LogP contribution is 2.20. The van der Waals surface area contributed by atoms with Crippen molar-refractivity contribution in [3.05, 3.63) is 24.3 Å². The van der Waals surface area contributed by atoms with Crippen LogP contribution in [0.2, 0.25) is 0 Å². The maximum absolute atomic E-state index is 10.0. The van der Waals surface area contributed by atoms with Gasteiger partial charge in [0.1, 0.15) is 5.75 Å². The van der Waals surface area contributed by atoms with Crippen LogP contribution < -0.4 is 9.64 Å². The molecule has 1 aromatic rings. The van der Waals surface area contributed by atoms with E-state index < -0.39 is 6.10 Å². The van der Waals surface area contributed by atoms with Crippen molar-refractivity contribution in [2.24, 2.45) is 0 Å². The second kappa shape index (κ2) is 9.11. The first-order chi connectivity index (χ1) is 11.1. The third-order valence-electron chi connectivity index (χ3n) is 3.98. The molecular formula is C18H30N2O3. The molecule has 1 N–H and O–H groups in total. The van der Waals surface area contributed by atoms with Gasteiger partial charge in [-0.1, -0.05) is 0 Å². The van der Waals surface area contributed by atoms with Crippen LogP contribution in [0.15, 0.2) is 24.3 Å². The Morgan fingerprint density at radius 2 is 1.74 bits per heavy atom. The topological polar surface area (TPSA) is 45.2 Å². The summed E-state index contributed by atoms with van der Waals surface area (Å²) in [5.74, 6) is 0.920. The van der Waals surface area contributed by atoms with Gasteiger partial charge in [0.2, 0.25) is 0 Å². The van der Waals surface area contributed by atoms with E-state index in [1.165, 1.54) is 5.69 Å². The summed E-state index contributed by atoms with van der Waals surface area (Å²) in [4.78, 5) is 4.68. The third kappa shape index (κ3) is 6.01. The van der Waals surface area contributed by atoms with Gasteiger partial charge in [0, 0.05) is 38.4 Å². The molecule has 0 aromatic heterocycles. The Bertz CT molecular complexity index is 442. The van der Waals surface area contributed by atoms with Crippen molar-refractivity contribution < 1.29 is 14.6 Å². The number of piperazine rings is 1. The first-order valence-electron chi connectivity index (χ1n) is 8.58. The lowest BCUT2D eigenvalue weighted by atomic mass is 10.2. The molecule has 1 unspecified atom stereocenters. The van der Waals surface area contributed by atoms with Crippen LogP contribution >= 0.6 is 0 Å². The summed E-state index contributed by atoms with van der Waals surface area (Å²) in [5.41, 5.74) is 1.23. The average Bonchev–Trinajstić information content (AvgIpc) is 2.55. The molecule has 1 fully saturated rings. The van der Waals surface area contributed by atoms with Crippen LogP contribution in [0, 0.1) is 0 Å². The molecule has 0 amide bonds. The lowest BCUT2D eigenvalue weighted by molar-refractivity contribution is -0.00899. The van der Waals surface area contributed by atoms with Crippen molar-refractivity contribution in [3.63, 3.8) is 0 Å². The van der Waals surface area contributed by atoms with E-state index in [0.717, 1.165) is 31.9 Å². The molecule has 23 heavy (non-hydrogen) atoms. The van der Waals surface area contributed by atoms with Crippen molar-refractivity contribution in [2.75, 3.05) is 50.8 Å². The number of hydrogen-bond acceptors (Lipinski definition) is 5. The van der Waals surface area contributed by atoms with E-state index in [4.69, 9.17) is 9.47 Å². The summed E-state index contributed by atoms with van der Waals surface area (Å²) < 4.78 is 11.0. The van der Waals surface area contributed by atoms with Gasteiger partial charge in [-0.15, -0.1) is 0 Å². The van der Waals surface area contributed by atoms with E-state index in [9.17, 15) is 5.11 Å². The Kier molecular flexibility index (Phi) is 7.15. The fourth-order valence-corrected chi connectivity index (χ4v) is 2.76. The molecule has 130 valence electrons. The zero-order chi connectivity index (χ0) is 16.7. The van der Waals surface area contributed by atoms with Gasteiger partial charge in [0.25, 0.3) is 0 Å². The molecule has 0 aliphatic carbocycles. The zero-order valence-electron chi connectivity index (χ0n) is 14.6. The molecule has 1 aromatic carbocycles. The van der Waals surface area contributed by atoms with E-state index in [-0.39, 0.29) is 6.10 Å². The van der Waals surface area contributed by atoms with Gasteiger partial charge in [-0.25, -0.2) is 0 Å². The summed E-state index contributed by atoms with van der Waals surface area (Å²) in [6.45, 7) is 11.6. The van der Waals surface area contributed by atoms with Crippen LogP contribution in [0.3, 0.4) is 0 Å². The van der Waals surface area contributed by atoms with Crippen LogP contribution in [-0.4, -0.2) is 68.2 Å². The molecule has 1 atom stereocenters. The molecule has 1 aliphatic rings. The lowest BCUT2D eigenvalue weighted by Crippen LogP contribution is -2.49. The van der Waals surface area contributed by atoms with E-state index in [1.54, 1.807) is 0 Å². The van der Waals surface area contributed by atoms with E-state index in [2.05, 4.69) is 21.9 Å². The number of aliphatic hydroxyl groups is 1. The monoisotopic (exact) mass is 322 g/mol. The minimum atomic E-state index is -0.408. The first-order valence-corrected chi connectivity index (χ1v) is 8.58. The van der Waals surface area contributed by atoms with Gasteiger partial charge < -0.3 is 19.5 Å². The van der Waals surface area contributed by atoms with Crippen LogP contribution in [0.1, 0.15) is 20.8 Å². The molecule has 5 heteroatoms. The minimum Gasteiger partial charge on any atom is -0.494 e. The van der Waals surface area contributed by atoms with Crippen LogP contribution in [0.25, 0.3) is 0 Å². The molecule has 0 bridgehead atoms. The van der Waals surface area contributed by atoms with Crippen LogP contribution in [0.4, 0.5) is 5.69 Å². The number of hydrogen-bond donors (Lipinski definition) is 1. The van der Waals surface area contributed by atoms with Gasteiger partial charge in [0.05, 0.1) is 25.4 Å². The van der Waals surface area contributed by atoms with Crippen LogP contribution in [0.5, 0.6) is 5.75 Å². The molecule has 0 radical (unpaired) electrons. The maximum atomic E-state index is 10.0. The zero-order valence-corrected chi connectivity index (χ0v) is 14.6. The molecule has 1 aliphatic heterocycles. The van der Waals surface area contributed by atoms with Gasteiger partial charge >= 0.3 is 0 Å². The molecule has 0 spiro atoms. The van der Waals surface area contributed by atoms with Crippen molar-refractivity contribution >= 4 is 5.69 Å². The van der Waals surface area contributed by atoms with Crippen molar-refractivity contribution in [1.82, 2.24) is 4.90 Å². The highest BCUT2D eigenvalue weighted by Gasteiger charge is 2.19. The number of rotatable bonds is 8. The SMILES string of the molecule is CCOc1ccc(N2CCN(CC(O)COC(C)C)CC2)cc1. The quantitative estimate of drug-likeness (QED) is 0.793. The fraction of sp³-hybridized carbons (Fsp3) is 0.667. The van der Waals surface area contributed by atoms with Gasteiger partial charge in [-0.2, -0.15) is 0 Å². The number of anilines is 1. The van der Waals surface area contributed by atoms with Gasteiger partial charge in [0.15, 0.2) is 0 Å². The van der Waals surface area contributed by atoms with Crippen LogP contribution in [-0.2, 0) is 4.74 Å². The Labute approximate surface area is 139 Å². The summed E-state index contributed by atoms with van der Waals surface area (Å²) in [6.07, 6.45) is -0.240. The van der Waals surface area contributed by atoms with E-state index in [0.29, 0.717) is 19.8 Å². The minimum absolute atomic E-state index is 0.168. The number of β-amino-alcohol motifs (C(OH)–C–C–N with tert-alkyl or cyclic N) is 1. The molecular weight excluding hydrogens is 292 g/mol. The largest absolute Gasteiger partial charge is 0.494 e. The second-order valence-electron chi connectivity index (χ2n) is 6.25. The number of nitrogens with zero attached hydrogens (tertiary/aromatic N) is 2. The van der Waals surface area contributed by atoms with Crippen molar-refractivity contribution in [2.45, 2.75) is 33.0 Å². The Morgan fingerprint density at radius 1 is 1.09 bits per heavy atom. The van der Waals surface area contributed by atoms with Crippen molar-refractivity contribution in [1.29, 1.82) is 0 Å². The smallest absolute Gasteiger partial charge is 0.119 e. The maximum Gasteiger partial charge on any atom is 0.119 e. The number of aliphatic hydroxyl groups excluding tert-OH is 1. The Morgan fingerprint density at radius 3 is 2.30 bits per heavy atom. The fourth-order valence-electron chi connectivity index (χ4n) is 2.76. The summed E-state index contributed by atoms with van der Waals surface area (Å²) >= 11 is 0. The molecule has 0 saturated carbocycles. The average molecular weight is 322 g/mol. The molecule has 1 heterocycles. The molecule has 5 nitrogen and oxygen atoms in total. The number of ether oxygens (including phenoxy) is 2. The number of benzene rings is 1. The van der Waals surface area contributed by atoms with Crippen molar-refractivity contribution in [3.8, 4) is 5.75 Å². The standard InChI is InChI=1S/C18H30N2O3/c1-4-22-18-7-5-16(6-8-18)20-11-9-19(10-12-20)13-17(21)14-23-15(2)3/h5-8,15,17,21H,4,9-14H2,1-3H3. The predicted octanol–water partition coefficient (Wildman–Crippen LogP) is 1.99. The van der Waals surface area contributed by atoms with E-state index in [1.807, 2.05) is 32.9 Å². The Balaban J connectivity index is 1.75. The second-order valence-corrected chi connectivity index (χ2v) is 6.25. The predicted molar refractivity (Wildman–Crippen MR) is 93.4 cm³/mol. The highest BCUT2D eigenvalue weighted by molar-refractivity contribution is 5.49. The molecule has 2 rings (SSSR count). The highest BCUT2D eigenvalue weighted by atomic mass is 16.5. The molecule has 1 saturated heterocycles. The normalized spacial score (nSPS) is 17.5. The Hall–Kier alpha value is -1.30. The summed E-state index contributed by atoms with van der Waals surface area (Å²) in [5, 5.41) is 10.0. The van der Waals surface area contributed by atoms with Gasteiger partial charge in [-0.05, 0) is 45.0 Å².